The number of amides is 1. The molecule has 0 bridgehead atoms. The van der Waals surface area contributed by atoms with Crippen LogP contribution in [0.2, 0.25) is 0 Å². The summed E-state index contributed by atoms with van der Waals surface area (Å²) in [4.78, 5) is 24.5. The van der Waals surface area contributed by atoms with Crippen LogP contribution in [0.1, 0.15) is 53.7 Å². The Bertz CT molecular complexity index is 475. The Labute approximate surface area is 111 Å². The summed E-state index contributed by atoms with van der Waals surface area (Å²) < 4.78 is 4.60. The summed E-state index contributed by atoms with van der Waals surface area (Å²) in [6.45, 7) is 2.22. The predicted molar refractivity (Wildman–Crippen MR) is 67.0 cm³/mol. The molecule has 0 radical (unpaired) electrons. The van der Waals surface area contributed by atoms with Crippen molar-refractivity contribution in [1.29, 1.82) is 0 Å². The number of carbonyl (C=O) groups is 2. The third kappa shape index (κ3) is 2.94. The summed E-state index contributed by atoms with van der Waals surface area (Å²) in [5.41, 5.74) is 0.0542. The van der Waals surface area contributed by atoms with Crippen molar-refractivity contribution in [2.75, 3.05) is 7.05 Å². The second-order valence-corrected chi connectivity index (χ2v) is 5.21. The Balaban J connectivity index is 2.03. The molecule has 0 aliphatic heterocycles. The molecule has 104 valence electrons. The smallest absolute Gasteiger partial charge is 0.374 e. The molecule has 1 aromatic heterocycles. The zero-order chi connectivity index (χ0) is 14.0. The van der Waals surface area contributed by atoms with Crippen LogP contribution in [-0.2, 0) is 0 Å². The van der Waals surface area contributed by atoms with E-state index in [0.717, 1.165) is 25.7 Å². The zero-order valence-corrected chi connectivity index (χ0v) is 11.1. The molecule has 0 unspecified atom stereocenters. The highest BCUT2D eigenvalue weighted by Crippen LogP contribution is 2.27. The largest absolute Gasteiger partial charge is 0.475 e. The van der Waals surface area contributed by atoms with E-state index in [1.807, 2.05) is 0 Å². The number of hydrogen-bond acceptors (Lipinski definition) is 4. The summed E-state index contributed by atoms with van der Waals surface area (Å²) in [6.07, 6.45) is 4.18. The first-order chi connectivity index (χ1) is 8.99. The Morgan fingerprint density at radius 2 is 2.00 bits per heavy atom. The average molecular weight is 266 g/mol. The molecule has 0 spiro atoms. The van der Waals surface area contributed by atoms with Crippen molar-refractivity contribution < 1.29 is 19.2 Å². The van der Waals surface area contributed by atoms with E-state index in [4.69, 9.17) is 5.11 Å². The number of aromatic carboxylic acids is 1. The summed E-state index contributed by atoms with van der Waals surface area (Å²) >= 11 is 0. The van der Waals surface area contributed by atoms with Crippen LogP contribution in [0.5, 0.6) is 0 Å². The van der Waals surface area contributed by atoms with Gasteiger partial charge in [0.25, 0.3) is 5.91 Å². The van der Waals surface area contributed by atoms with Gasteiger partial charge in [0.05, 0.1) is 0 Å². The third-order valence-corrected chi connectivity index (χ3v) is 3.79. The van der Waals surface area contributed by atoms with E-state index >= 15 is 0 Å². The fourth-order valence-electron chi connectivity index (χ4n) is 2.45. The van der Waals surface area contributed by atoms with Gasteiger partial charge in [-0.05, 0) is 31.6 Å². The Hall–Kier alpha value is -1.85. The van der Waals surface area contributed by atoms with Gasteiger partial charge in [-0.2, -0.15) is 0 Å². The molecular weight excluding hydrogens is 248 g/mol. The van der Waals surface area contributed by atoms with Crippen molar-refractivity contribution in [3.8, 4) is 0 Å². The average Bonchev–Trinajstić information content (AvgIpc) is 2.87. The molecule has 1 aromatic rings. The number of hydrogen-bond donors (Lipinski definition) is 1. The highest BCUT2D eigenvalue weighted by Gasteiger charge is 2.27. The SMILES string of the molecule is CC1CCC(N(C)C(=O)c2cc(C(=O)O)on2)CC1. The van der Waals surface area contributed by atoms with Crippen molar-refractivity contribution in [2.24, 2.45) is 5.92 Å². The summed E-state index contributed by atoms with van der Waals surface area (Å²) in [7, 11) is 1.73. The van der Waals surface area contributed by atoms with Crippen molar-refractivity contribution in [3.63, 3.8) is 0 Å². The predicted octanol–water partition coefficient (Wildman–Crippen LogP) is 2.02. The van der Waals surface area contributed by atoms with Crippen molar-refractivity contribution in [3.05, 3.63) is 17.5 Å². The van der Waals surface area contributed by atoms with Gasteiger partial charge in [-0.1, -0.05) is 12.1 Å². The highest BCUT2D eigenvalue weighted by atomic mass is 16.5. The molecular formula is C13H18N2O4. The molecule has 0 saturated heterocycles. The second kappa shape index (κ2) is 5.42. The lowest BCUT2D eigenvalue weighted by Crippen LogP contribution is -2.39. The molecule has 0 aromatic carbocycles. The van der Waals surface area contributed by atoms with Crippen LogP contribution in [0.3, 0.4) is 0 Å². The van der Waals surface area contributed by atoms with Crippen LogP contribution >= 0.6 is 0 Å². The van der Waals surface area contributed by atoms with Gasteiger partial charge in [-0.25, -0.2) is 4.79 Å². The molecule has 1 saturated carbocycles. The van der Waals surface area contributed by atoms with Gasteiger partial charge in [-0.15, -0.1) is 0 Å². The maximum Gasteiger partial charge on any atom is 0.374 e. The molecule has 1 fully saturated rings. The van der Waals surface area contributed by atoms with Crippen LogP contribution in [0.15, 0.2) is 10.6 Å². The van der Waals surface area contributed by atoms with Crippen LogP contribution in [0.4, 0.5) is 0 Å². The van der Waals surface area contributed by atoms with E-state index in [9.17, 15) is 9.59 Å². The third-order valence-electron chi connectivity index (χ3n) is 3.79. The van der Waals surface area contributed by atoms with Gasteiger partial charge >= 0.3 is 5.97 Å². The molecule has 6 nitrogen and oxygen atoms in total. The number of rotatable bonds is 3. The first-order valence-electron chi connectivity index (χ1n) is 6.46. The van der Waals surface area contributed by atoms with E-state index in [1.54, 1.807) is 11.9 Å². The first kappa shape index (κ1) is 13.6. The standard InChI is InChI=1S/C13H18N2O4/c1-8-3-5-9(6-4-8)15(2)12(16)10-7-11(13(17)18)19-14-10/h7-9H,3-6H2,1-2H3,(H,17,18). The summed E-state index contributed by atoms with van der Waals surface area (Å²) in [6, 6.07) is 1.38. The Morgan fingerprint density at radius 3 is 2.53 bits per heavy atom. The molecule has 0 atom stereocenters. The van der Waals surface area contributed by atoms with Gasteiger partial charge in [0.1, 0.15) is 0 Å². The number of carbonyl (C=O) groups excluding carboxylic acids is 1. The minimum atomic E-state index is -1.22. The normalized spacial score (nSPS) is 23.1. The second-order valence-electron chi connectivity index (χ2n) is 5.21. The zero-order valence-electron chi connectivity index (χ0n) is 11.1. The van der Waals surface area contributed by atoms with Crippen LogP contribution in [0, 0.1) is 5.92 Å². The molecule has 2 rings (SSSR count). The van der Waals surface area contributed by atoms with Gasteiger partial charge < -0.3 is 14.5 Å². The lowest BCUT2D eigenvalue weighted by Gasteiger charge is -2.33. The molecule has 1 amide bonds. The maximum absolute atomic E-state index is 12.2. The number of carboxylic acids is 1. The number of aromatic nitrogens is 1. The monoisotopic (exact) mass is 266 g/mol. The first-order valence-corrected chi connectivity index (χ1v) is 6.46. The van der Waals surface area contributed by atoms with Gasteiger partial charge in [0.2, 0.25) is 5.76 Å². The van der Waals surface area contributed by atoms with E-state index in [1.165, 1.54) is 6.07 Å². The van der Waals surface area contributed by atoms with E-state index < -0.39 is 5.97 Å². The molecule has 1 N–H and O–H groups in total. The summed E-state index contributed by atoms with van der Waals surface area (Å²) in [5.74, 6) is -1.10. The van der Waals surface area contributed by atoms with Crippen molar-refractivity contribution in [1.82, 2.24) is 10.1 Å². The van der Waals surface area contributed by atoms with E-state index in [2.05, 4.69) is 16.6 Å². The molecule has 1 aliphatic rings. The van der Waals surface area contributed by atoms with Gasteiger partial charge in [0, 0.05) is 19.2 Å². The number of nitrogens with zero attached hydrogens (tertiary/aromatic N) is 2. The molecule has 1 aliphatic carbocycles. The molecule has 19 heavy (non-hydrogen) atoms. The lowest BCUT2D eigenvalue weighted by molar-refractivity contribution is 0.0640. The van der Waals surface area contributed by atoms with Crippen molar-refractivity contribution >= 4 is 11.9 Å². The number of carboxylic acid groups (broad SMARTS) is 1. The fraction of sp³-hybridized carbons (Fsp3) is 0.615. The lowest BCUT2D eigenvalue weighted by atomic mass is 9.86. The van der Waals surface area contributed by atoms with E-state index in [0.29, 0.717) is 5.92 Å². The van der Waals surface area contributed by atoms with E-state index in [-0.39, 0.29) is 23.4 Å². The van der Waals surface area contributed by atoms with Crippen LogP contribution in [0.25, 0.3) is 0 Å². The van der Waals surface area contributed by atoms with Gasteiger partial charge in [-0.3, -0.25) is 4.79 Å². The minimum absolute atomic E-state index is 0.0542. The molecule has 1 heterocycles. The van der Waals surface area contributed by atoms with Crippen molar-refractivity contribution in [2.45, 2.75) is 38.6 Å². The fourth-order valence-corrected chi connectivity index (χ4v) is 2.45. The Kier molecular flexibility index (Phi) is 3.87. The Morgan fingerprint density at radius 1 is 1.37 bits per heavy atom. The maximum atomic E-state index is 12.2. The highest BCUT2D eigenvalue weighted by molar-refractivity contribution is 5.94. The van der Waals surface area contributed by atoms with Gasteiger partial charge in [0.15, 0.2) is 5.69 Å². The van der Waals surface area contributed by atoms with Crippen LogP contribution < -0.4 is 0 Å². The summed E-state index contributed by atoms with van der Waals surface area (Å²) in [5, 5.41) is 12.3. The minimum Gasteiger partial charge on any atom is -0.475 e. The quantitative estimate of drug-likeness (QED) is 0.904. The van der Waals surface area contributed by atoms with Crippen LogP contribution in [-0.4, -0.2) is 40.1 Å². The topological polar surface area (TPSA) is 83.6 Å². The molecule has 6 heteroatoms.